The molecule has 2 aromatic rings. The van der Waals surface area contributed by atoms with E-state index in [1.54, 1.807) is 0 Å². The Labute approximate surface area is 88.3 Å². The second kappa shape index (κ2) is 4.58. The summed E-state index contributed by atoms with van der Waals surface area (Å²) in [6.07, 6.45) is 0. The minimum absolute atomic E-state index is 0.180. The van der Waals surface area contributed by atoms with Crippen LogP contribution in [0.5, 0.6) is 0 Å². The van der Waals surface area contributed by atoms with Gasteiger partial charge in [0.25, 0.3) is 0 Å². The Morgan fingerprint density at radius 3 is 2.60 bits per heavy atom. The van der Waals surface area contributed by atoms with Gasteiger partial charge in [0.2, 0.25) is 0 Å². The van der Waals surface area contributed by atoms with Crippen LogP contribution in [-0.4, -0.2) is 4.89 Å². The van der Waals surface area contributed by atoms with Crippen LogP contribution in [0.3, 0.4) is 0 Å². The Morgan fingerprint density at radius 2 is 1.87 bits per heavy atom. The number of rotatable bonds is 3. The Balaban J connectivity index is 2.26. The molecule has 4 heteroatoms. The van der Waals surface area contributed by atoms with Crippen molar-refractivity contribution in [2.24, 2.45) is 0 Å². The molecule has 0 heterocycles. The molecule has 2 rings (SSSR count). The fourth-order valence-corrected chi connectivity index (χ4v) is 1.76. The lowest BCUT2D eigenvalue weighted by atomic mass is 10.1. The van der Waals surface area contributed by atoms with E-state index in [2.05, 4.69) is 4.52 Å². The van der Waals surface area contributed by atoms with Crippen molar-refractivity contribution in [3.05, 3.63) is 48.0 Å². The second-order valence-electron chi connectivity index (χ2n) is 3.24. The maximum Gasteiger partial charge on any atom is 0.316 e. The van der Waals surface area contributed by atoms with Crippen molar-refractivity contribution in [2.75, 3.05) is 0 Å². The molecule has 0 spiro atoms. The first-order chi connectivity index (χ1) is 7.25. The third-order valence-corrected chi connectivity index (χ3v) is 2.57. The third-order valence-electron chi connectivity index (χ3n) is 2.18. The lowest BCUT2D eigenvalue weighted by Crippen LogP contribution is -1.85. The fourth-order valence-electron chi connectivity index (χ4n) is 1.47. The van der Waals surface area contributed by atoms with Gasteiger partial charge in [-0.15, -0.1) is 0 Å². The molecule has 0 aliphatic rings. The zero-order valence-electron chi connectivity index (χ0n) is 8.01. The van der Waals surface area contributed by atoms with Gasteiger partial charge in [-0.1, -0.05) is 36.4 Å². The van der Waals surface area contributed by atoms with Crippen molar-refractivity contribution in [1.29, 1.82) is 0 Å². The molecule has 1 atom stereocenters. The predicted octanol–water partition coefficient (Wildman–Crippen LogP) is 2.74. The maximum absolute atomic E-state index is 10.4. The highest BCUT2D eigenvalue weighted by Gasteiger charge is 1.98. The van der Waals surface area contributed by atoms with Gasteiger partial charge in [0.15, 0.2) is 0 Å². The van der Waals surface area contributed by atoms with Crippen LogP contribution in [0.4, 0.5) is 0 Å². The second-order valence-corrected chi connectivity index (χ2v) is 4.06. The monoisotopic (exact) mass is 222 g/mol. The molecule has 0 aliphatic carbocycles. The van der Waals surface area contributed by atoms with Gasteiger partial charge in [0.05, 0.1) is 6.61 Å². The van der Waals surface area contributed by atoms with Crippen LogP contribution < -0.4 is 0 Å². The van der Waals surface area contributed by atoms with E-state index in [9.17, 15) is 4.57 Å². The molecular weight excluding hydrogens is 211 g/mol. The van der Waals surface area contributed by atoms with Gasteiger partial charge in [-0.05, 0) is 22.4 Å². The normalized spacial score (nSPS) is 12.9. The van der Waals surface area contributed by atoms with Gasteiger partial charge in [-0.2, -0.15) is 0 Å². The van der Waals surface area contributed by atoms with Gasteiger partial charge in [0.1, 0.15) is 0 Å². The summed E-state index contributed by atoms with van der Waals surface area (Å²) >= 11 is 0. The van der Waals surface area contributed by atoms with Crippen LogP contribution in [0.15, 0.2) is 42.5 Å². The van der Waals surface area contributed by atoms with Crippen LogP contribution in [0.2, 0.25) is 0 Å². The van der Waals surface area contributed by atoms with E-state index in [0.717, 1.165) is 16.3 Å². The average molecular weight is 222 g/mol. The van der Waals surface area contributed by atoms with Gasteiger partial charge in [0, 0.05) is 0 Å². The van der Waals surface area contributed by atoms with Crippen molar-refractivity contribution in [1.82, 2.24) is 0 Å². The molecule has 1 N–H and O–H groups in total. The molecule has 0 aliphatic heterocycles. The molecule has 0 fully saturated rings. The van der Waals surface area contributed by atoms with Crippen molar-refractivity contribution in [2.45, 2.75) is 6.61 Å². The van der Waals surface area contributed by atoms with E-state index in [1.807, 2.05) is 42.5 Å². The Morgan fingerprint density at radius 1 is 1.13 bits per heavy atom. The zero-order chi connectivity index (χ0) is 10.7. The number of hydrogen-bond donors (Lipinski definition) is 1. The Hall–Kier alpha value is -1.15. The van der Waals surface area contributed by atoms with Crippen molar-refractivity contribution >= 4 is 19.0 Å². The standard InChI is InChI=1S/C11H11O3P/c12-15(13)14-8-9-5-6-10-3-1-2-4-11(10)7-9/h1-7,15H,8H2,(H,12,13). The molecule has 0 radical (unpaired) electrons. The summed E-state index contributed by atoms with van der Waals surface area (Å²) in [6, 6.07) is 13.8. The Kier molecular flexibility index (Phi) is 3.17. The largest absolute Gasteiger partial charge is 0.326 e. The van der Waals surface area contributed by atoms with E-state index in [0.29, 0.717) is 0 Å². The van der Waals surface area contributed by atoms with Gasteiger partial charge in [-0.25, -0.2) is 0 Å². The van der Waals surface area contributed by atoms with E-state index in [4.69, 9.17) is 4.89 Å². The van der Waals surface area contributed by atoms with Gasteiger partial charge in [-0.3, -0.25) is 4.57 Å². The number of benzene rings is 2. The van der Waals surface area contributed by atoms with Crippen LogP contribution >= 0.6 is 8.25 Å². The van der Waals surface area contributed by atoms with Crippen LogP contribution in [0, 0.1) is 0 Å². The topological polar surface area (TPSA) is 46.5 Å². The minimum atomic E-state index is -2.83. The summed E-state index contributed by atoms with van der Waals surface area (Å²) in [4.78, 5) is 8.55. The van der Waals surface area contributed by atoms with Gasteiger partial charge < -0.3 is 9.42 Å². The molecule has 78 valence electrons. The summed E-state index contributed by atoms with van der Waals surface area (Å²) < 4.78 is 15.1. The summed E-state index contributed by atoms with van der Waals surface area (Å²) in [5.74, 6) is 0. The molecule has 0 saturated heterocycles. The molecule has 0 saturated carbocycles. The van der Waals surface area contributed by atoms with E-state index >= 15 is 0 Å². The van der Waals surface area contributed by atoms with Crippen molar-refractivity contribution in [3.8, 4) is 0 Å². The third kappa shape index (κ3) is 2.66. The van der Waals surface area contributed by atoms with E-state index < -0.39 is 8.25 Å². The van der Waals surface area contributed by atoms with Crippen LogP contribution in [0.25, 0.3) is 10.8 Å². The summed E-state index contributed by atoms with van der Waals surface area (Å²) in [6.45, 7) is 0.180. The molecule has 3 nitrogen and oxygen atoms in total. The number of hydrogen-bond acceptors (Lipinski definition) is 2. The summed E-state index contributed by atoms with van der Waals surface area (Å²) in [5.41, 5.74) is 0.904. The summed E-state index contributed by atoms with van der Waals surface area (Å²) in [5, 5.41) is 2.26. The highest BCUT2D eigenvalue weighted by atomic mass is 31.1. The van der Waals surface area contributed by atoms with Crippen LogP contribution in [-0.2, 0) is 15.7 Å². The zero-order valence-corrected chi connectivity index (χ0v) is 9.01. The fraction of sp³-hybridized carbons (Fsp3) is 0.0909. The smallest absolute Gasteiger partial charge is 0.316 e. The average Bonchev–Trinajstić information content (AvgIpc) is 2.26. The Bertz CT molecular complexity index is 496. The lowest BCUT2D eigenvalue weighted by Gasteiger charge is -2.02. The molecule has 0 amide bonds. The van der Waals surface area contributed by atoms with Crippen molar-refractivity contribution in [3.63, 3.8) is 0 Å². The molecular formula is C11H11O3P. The lowest BCUT2D eigenvalue weighted by molar-refractivity contribution is 0.272. The number of fused-ring (bicyclic) bond motifs is 1. The molecule has 0 bridgehead atoms. The summed E-state index contributed by atoms with van der Waals surface area (Å²) in [7, 11) is -2.83. The highest BCUT2D eigenvalue weighted by molar-refractivity contribution is 7.32. The van der Waals surface area contributed by atoms with E-state index in [-0.39, 0.29) is 6.61 Å². The highest BCUT2D eigenvalue weighted by Crippen LogP contribution is 2.20. The quantitative estimate of drug-likeness (QED) is 0.812. The van der Waals surface area contributed by atoms with E-state index in [1.165, 1.54) is 0 Å². The maximum atomic E-state index is 10.4. The first kappa shape index (κ1) is 10.4. The van der Waals surface area contributed by atoms with Crippen molar-refractivity contribution < 1.29 is 14.0 Å². The first-order valence-electron chi connectivity index (χ1n) is 4.59. The van der Waals surface area contributed by atoms with Gasteiger partial charge >= 0.3 is 8.25 Å². The molecule has 1 unspecified atom stereocenters. The molecule has 2 aromatic carbocycles. The molecule has 0 aromatic heterocycles. The van der Waals surface area contributed by atoms with Crippen LogP contribution in [0.1, 0.15) is 5.56 Å². The first-order valence-corrected chi connectivity index (χ1v) is 5.85. The minimum Gasteiger partial charge on any atom is -0.326 e. The molecule has 15 heavy (non-hydrogen) atoms. The SMILES string of the molecule is O=[PH](O)OCc1ccc2ccccc2c1. The predicted molar refractivity (Wildman–Crippen MR) is 60.0 cm³/mol.